The lowest BCUT2D eigenvalue weighted by molar-refractivity contribution is 0.339. The van der Waals surface area contributed by atoms with Crippen LogP contribution in [0.25, 0.3) is 0 Å². The number of nitrogens with one attached hydrogen (secondary N) is 1. The third-order valence-corrected chi connectivity index (χ3v) is 3.89. The third kappa shape index (κ3) is 3.70. The second kappa shape index (κ2) is 6.39. The van der Waals surface area contributed by atoms with Crippen LogP contribution in [0.1, 0.15) is 18.9 Å². The Labute approximate surface area is 109 Å². The summed E-state index contributed by atoms with van der Waals surface area (Å²) in [4.78, 5) is 2.52. The molecule has 17 heavy (non-hydrogen) atoms. The maximum atomic E-state index is 6.12. The van der Waals surface area contributed by atoms with Gasteiger partial charge in [0, 0.05) is 18.1 Å². The molecule has 1 aromatic rings. The Kier molecular flexibility index (Phi) is 4.84. The fourth-order valence-electron chi connectivity index (χ4n) is 2.42. The monoisotopic (exact) mass is 252 g/mol. The van der Waals surface area contributed by atoms with E-state index in [-0.39, 0.29) is 0 Å². The summed E-state index contributed by atoms with van der Waals surface area (Å²) in [6.07, 6.45) is 1.32. The van der Waals surface area contributed by atoms with Crippen LogP contribution in [-0.4, -0.2) is 31.1 Å². The molecule has 1 aliphatic rings. The summed E-state index contributed by atoms with van der Waals surface area (Å²) in [7, 11) is 0. The van der Waals surface area contributed by atoms with E-state index >= 15 is 0 Å². The average molecular weight is 253 g/mol. The zero-order valence-electron chi connectivity index (χ0n) is 10.5. The summed E-state index contributed by atoms with van der Waals surface area (Å²) in [6.45, 7) is 7.89. The highest BCUT2D eigenvalue weighted by Crippen LogP contribution is 2.16. The number of likely N-dealkylation sites (tertiary alicyclic amines) is 1. The first-order valence-electron chi connectivity index (χ1n) is 6.46. The Hall–Kier alpha value is -0.570. The minimum absolute atomic E-state index is 0.803. The molecule has 1 aromatic carbocycles. The van der Waals surface area contributed by atoms with Crippen LogP contribution in [-0.2, 0) is 6.54 Å². The fraction of sp³-hybridized carbons (Fsp3) is 0.571. The second-order valence-corrected chi connectivity index (χ2v) is 5.18. The summed E-state index contributed by atoms with van der Waals surface area (Å²) in [5.74, 6) is 0.803. The van der Waals surface area contributed by atoms with Gasteiger partial charge in [-0.1, -0.05) is 36.7 Å². The van der Waals surface area contributed by atoms with Gasteiger partial charge in [-0.2, -0.15) is 0 Å². The van der Waals surface area contributed by atoms with Gasteiger partial charge in [-0.25, -0.2) is 0 Å². The van der Waals surface area contributed by atoms with E-state index in [4.69, 9.17) is 11.6 Å². The molecule has 94 valence electrons. The van der Waals surface area contributed by atoms with Gasteiger partial charge in [-0.05, 0) is 43.6 Å². The average Bonchev–Trinajstić information content (AvgIpc) is 2.80. The molecule has 2 nitrogen and oxygen atoms in total. The van der Waals surface area contributed by atoms with Crippen LogP contribution < -0.4 is 5.32 Å². The molecular weight excluding hydrogens is 232 g/mol. The van der Waals surface area contributed by atoms with Crippen molar-refractivity contribution in [1.82, 2.24) is 10.2 Å². The Morgan fingerprint density at radius 3 is 2.94 bits per heavy atom. The summed E-state index contributed by atoms with van der Waals surface area (Å²) >= 11 is 6.12. The third-order valence-electron chi connectivity index (χ3n) is 3.52. The first-order valence-corrected chi connectivity index (χ1v) is 6.84. The molecule has 1 N–H and O–H groups in total. The van der Waals surface area contributed by atoms with Crippen LogP contribution in [0.15, 0.2) is 24.3 Å². The van der Waals surface area contributed by atoms with Crippen LogP contribution in [0, 0.1) is 5.92 Å². The summed E-state index contributed by atoms with van der Waals surface area (Å²) in [6, 6.07) is 8.05. The van der Waals surface area contributed by atoms with Crippen LogP contribution in [0.4, 0.5) is 0 Å². The van der Waals surface area contributed by atoms with Gasteiger partial charge in [-0.3, -0.25) is 0 Å². The Bertz CT molecular complexity index is 354. The van der Waals surface area contributed by atoms with Crippen LogP contribution in [0.3, 0.4) is 0 Å². The van der Waals surface area contributed by atoms with Crippen LogP contribution in [0.5, 0.6) is 0 Å². The Morgan fingerprint density at radius 1 is 1.41 bits per heavy atom. The zero-order chi connectivity index (χ0) is 12.1. The van der Waals surface area contributed by atoms with Gasteiger partial charge in [0.05, 0.1) is 0 Å². The largest absolute Gasteiger partial charge is 0.312 e. The SMILES string of the molecule is CCN1CC[C@H](CNCc2ccccc2Cl)C1. The maximum Gasteiger partial charge on any atom is 0.0450 e. The van der Waals surface area contributed by atoms with Crippen molar-refractivity contribution in [3.05, 3.63) is 34.9 Å². The molecular formula is C14H21ClN2. The van der Waals surface area contributed by atoms with E-state index in [9.17, 15) is 0 Å². The highest BCUT2D eigenvalue weighted by Gasteiger charge is 2.20. The van der Waals surface area contributed by atoms with Crippen molar-refractivity contribution in [2.75, 3.05) is 26.2 Å². The van der Waals surface area contributed by atoms with Crippen molar-refractivity contribution >= 4 is 11.6 Å². The van der Waals surface area contributed by atoms with Gasteiger partial charge in [0.15, 0.2) is 0 Å². The second-order valence-electron chi connectivity index (χ2n) is 4.77. The smallest absolute Gasteiger partial charge is 0.0450 e. The van der Waals surface area contributed by atoms with Crippen molar-refractivity contribution < 1.29 is 0 Å². The molecule has 0 bridgehead atoms. The van der Waals surface area contributed by atoms with E-state index in [1.54, 1.807) is 0 Å². The number of halogens is 1. The fourth-order valence-corrected chi connectivity index (χ4v) is 2.62. The first-order chi connectivity index (χ1) is 8.29. The molecule has 1 fully saturated rings. The zero-order valence-corrected chi connectivity index (χ0v) is 11.2. The van der Waals surface area contributed by atoms with Gasteiger partial charge in [0.2, 0.25) is 0 Å². The molecule has 3 heteroatoms. The van der Waals surface area contributed by atoms with Crippen molar-refractivity contribution in [1.29, 1.82) is 0 Å². The van der Waals surface area contributed by atoms with Crippen molar-refractivity contribution in [2.24, 2.45) is 5.92 Å². The maximum absolute atomic E-state index is 6.12. The van der Waals surface area contributed by atoms with Gasteiger partial charge >= 0.3 is 0 Å². The highest BCUT2D eigenvalue weighted by atomic mass is 35.5. The minimum atomic E-state index is 0.803. The summed E-state index contributed by atoms with van der Waals surface area (Å²) < 4.78 is 0. The van der Waals surface area contributed by atoms with Gasteiger partial charge < -0.3 is 10.2 Å². The van der Waals surface area contributed by atoms with E-state index < -0.39 is 0 Å². The molecule has 0 radical (unpaired) electrons. The van der Waals surface area contributed by atoms with E-state index in [0.29, 0.717) is 0 Å². The van der Waals surface area contributed by atoms with E-state index in [1.807, 2.05) is 18.2 Å². The van der Waals surface area contributed by atoms with E-state index in [1.165, 1.54) is 31.6 Å². The van der Waals surface area contributed by atoms with E-state index in [2.05, 4.69) is 23.2 Å². The molecule has 0 aliphatic carbocycles. The predicted octanol–water partition coefficient (Wildman–Crippen LogP) is 2.77. The molecule has 1 aliphatic heterocycles. The molecule has 0 unspecified atom stereocenters. The molecule has 0 aromatic heterocycles. The number of nitrogens with zero attached hydrogens (tertiary/aromatic N) is 1. The predicted molar refractivity (Wildman–Crippen MR) is 73.4 cm³/mol. The minimum Gasteiger partial charge on any atom is -0.312 e. The van der Waals surface area contributed by atoms with Crippen LogP contribution in [0.2, 0.25) is 5.02 Å². The lowest BCUT2D eigenvalue weighted by atomic mass is 10.1. The lowest BCUT2D eigenvalue weighted by Crippen LogP contribution is -2.26. The highest BCUT2D eigenvalue weighted by molar-refractivity contribution is 6.31. The van der Waals surface area contributed by atoms with Crippen LogP contribution >= 0.6 is 11.6 Å². The molecule has 1 saturated heterocycles. The number of hydrogen-bond acceptors (Lipinski definition) is 2. The first kappa shape index (κ1) is 12.9. The normalized spacial score (nSPS) is 20.9. The molecule has 1 heterocycles. The molecule has 1 atom stereocenters. The van der Waals surface area contributed by atoms with Crippen molar-refractivity contribution in [3.8, 4) is 0 Å². The summed E-state index contributed by atoms with van der Waals surface area (Å²) in [5.41, 5.74) is 1.19. The van der Waals surface area contributed by atoms with Gasteiger partial charge in [0.25, 0.3) is 0 Å². The lowest BCUT2D eigenvalue weighted by Gasteiger charge is -2.14. The Morgan fingerprint density at radius 2 is 2.24 bits per heavy atom. The Balaban J connectivity index is 1.72. The molecule has 0 spiro atoms. The molecule has 0 saturated carbocycles. The van der Waals surface area contributed by atoms with Gasteiger partial charge in [0.1, 0.15) is 0 Å². The van der Waals surface area contributed by atoms with Crippen molar-refractivity contribution in [2.45, 2.75) is 19.9 Å². The number of rotatable bonds is 5. The summed E-state index contributed by atoms with van der Waals surface area (Å²) in [5, 5.41) is 4.38. The topological polar surface area (TPSA) is 15.3 Å². The molecule has 2 rings (SSSR count). The molecule has 0 amide bonds. The van der Waals surface area contributed by atoms with Crippen molar-refractivity contribution in [3.63, 3.8) is 0 Å². The number of benzene rings is 1. The van der Waals surface area contributed by atoms with Gasteiger partial charge in [-0.15, -0.1) is 0 Å². The van der Waals surface area contributed by atoms with E-state index in [0.717, 1.165) is 24.0 Å². The quantitative estimate of drug-likeness (QED) is 0.867. The standard InChI is InChI=1S/C14H21ClN2/c1-2-17-8-7-12(11-17)9-16-10-13-5-3-4-6-14(13)15/h3-6,12,16H,2,7-11H2,1H3/t12-/m1/s1. The number of hydrogen-bond donors (Lipinski definition) is 1.